The molecule has 296 valence electrons. The lowest BCUT2D eigenvalue weighted by atomic mass is 9.87. The van der Waals surface area contributed by atoms with Crippen LogP contribution in [0.5, 0.6) is 0 Å². The molecule has 0 saturated carbocycles. The number of hydrogen-bond donors (Lipinski definition) is 0. The van der Waals surface area contributed by atoms with Gasteiger partial charge in [0, 0.05) is 16.7 Å². The standard InChI is InChI=1S/C60H36N4/c1-61-56-34-33-40(44-23-7-8-24-45(44)42-35-41-21-16-31-51-47-26-10-12-29-50(47)55(37-42)57(41)51)36-54(56)49-28-11-9-25-46(49)48-27-13-14-30-53(48)60-63-58(39-18-3-2-4-19-39)62-59(64-60)52-32-15-20-38-17-5-6-22-43(38)52/h2-37H. The van der Waals surface area contributed by atoms with Crippen molar-refractivity contribution in [1.82, 2.24) is 15.0 Å². The lowest BCUT2D eigenvalue weighted by Gasteiger charge is -2.17. The smallest absolute Gasteiger partial charge is 0.194 e. The topological polar surface area (TPSA) is 43.0 Å². The highest BCUT2D eigenvalue weighted by molar-refractivity contribution is 6.16. The van der Waals surface area contributed by atoms with Gasteiger partial charge in [0.05, 0.1) is 6.57 Å². The van der Waals surface area contributed by atoms with Crippen LogP contribution in [0.4, 0.5) is 5.69 Å². The molecule has 0 saturated heterocycles. The zero-order valence-corrected chi connectivity index (χ0v) is 34.6. The maximum Gasteiger partial charge on any atom is 0.194 e. The Morgan fingerprint density at radius 3 is 1.47 bits per heavy atom. The second kappa shape index (κ2) is 15.3. The average molecular weight is 813 g/mol. The Kier molecular flexibility index (Phi) is 8.84. The van der Waals surface area contributed by atoms with Crippen molar-refractivity contribution in [1.29, 1.82) is 0 Å². The number of hydrogen-bond acceptors (Lipinski definition) is 3. The van der Waals surface area contributed by atoms with Crippen molar-refractivity contribution in [2.24, 2.45) is 0 Å². The Labute approximate surface area is 371 Å². The summed E-state index contributed by atoms with van der Waals surface area (Å²) in [5.41, 5.74) is 16.6. The molecule has 0 bridgehead atoms. The number of nitrogens with zero attached hydrogens (tertiary/aromatic N) is 4. The minimum absolute atomic E-state index is 0.573. The van der Waals surface area contributed by atoms with Crippen molar-refractivity contribution < 1.29 is 0 Å². The minimum Gasteiger partial charge on any atom is -0.238 e. The van der Waals surface area contributed by atoms with Crippen LogP contribution in [0.3, 0.4) is 0 Å². The monoisotopic (exact) mass is 812 g/mol. The van der Waals surface area contributed by atoms with Crippen LogP contribution in [0, 0.1) is 6.57 Å². The number of benzene rings is 10. The van der Waals surface area contributed by atoms with Crippen molar-refractivity contribution in [3.05, 3.63) is 230 Å². The number of fused-ring (bicyclic) bond motifs is 4. The van der Waals surface area contributed by atoms with Gasteiger partial charge in [0.1, 0.15) is 0 Å². The highest BCUT2D eigenvalue weighted by Crippen LogP contribution is 2.50. The summed E-state index contributed by atoms with van der Waals surface area (Å²) >= 11 is 0. The van der Waals surface area contributed by atoms with Gasteiger partial charge in [-0.15, -0.1) is 0 Å². The highest BCUT2D eigenvalue weighted by atomic mass is 15.0. The molecule has 0 radical (unpaired) electrons. The van der Waals surface area contributed by atoms with Crippen LogP contribution < -0.4 is 0 Å². The van der Waals surface area contributed by atoms with Gasteiger partial charge in [0.25, 0.3) is 0 Å². The molecule has 1 heterocycles. The van der Waals surface area contributed by atoms with E-state index in [1.807, 2.05) is 42.5 Å². The highest BCUT2D eigenvalue weighted by Gasteiger charge is 2.24. The Bertz CT molecular complexity index is 3690. The molecule has 1 aliphatic rings. The second-order valence-electron chi connectivity index (χ2n) is 16.2. The van der Waals surface area contributed by atoms with Crippen LogP contribution in [0.1, 0.15) is 0 Å². The molecule has 4 nitrogen and oxygen atoms in total. The molecule has 12 rings (SSSR count). The third kappa shape index (κ3) is 6.18. The molecule has 0 unspecified atom stereocenters. The van der Waals surface area contributed by atoms with Crippen LogP contribution in [0.25, 0.3) is 127 Å². The van der Waals surface area contributed by atoms with E-state index in [9.17, 15) is 0 Å². The Balaban J connectivity index is 1.01. The Hall–Kier alpha value is -8.78. The van der Waals surface area contributed by atoms with E-state index in [0.717, 1.165) is 72.0 Å². The Morgan fingerprint density at radius 1 is 0.281 bits per heavy atom. The van der Waals surface area contributed by atoms with Crippen molar-refractivity contribution in [3.8, 4) is 101 Å². The lowest BCUT2D eigenvalue weighted by molar-refractivity contribution is 1.08. The molecule has 0 atom stereocenters. The summed E-state index contributed by atoms with van der Waals surface area (Å²) in [4.78, 5) is 19.6. The van der Waals surface area contributed by atoms with E-state index in [2.05, 4.69) is 181 Å². The van der Waals surface area contributed by atoms with Crippen molar-refractivity contribution >= 4 is 27.2 Å². The van der Waals surface area contributed by atoms with Crippen molar-refractivity contribution in [2.45, 2.75) is 0 Å². The van der Waals surface area contributed by atoms with Crippen molar-refractivity contribution in [2.75, 3.05) is 0 Å². The quantitative estimate of drug-likeness (QED) is 0.151. The summed E-state index contributed by atoms with van der Waals surface area (Å²) in [6, 6.07) is 76.2. The summed E-state index contributed by atoms with van der Waals surface area (Å²) in [6.45, 7) is 8.39. The molecule has 11 aromatic rings. The van der Waals surface area contributed by atoms with Crippen molar-refractivity contribution in [3.63, 3.8) is 0 Å². The third-order valence-electron chi connectivity index (χ3n) is 12.5. The van der Waals surface area contributed by atoms with Gasteiger partial charge in [0.2, 0.25) is 0 Å². The third-order valence-corrected chi connectivity index (χ3v) is 12.5. The van der Waals surface area contributed by atoms with Gasteiger partial charge < -0.3 is 0 Å². The van der Waals surface area contributed by atoms with Crippen LogP contribution in [0.2, 0.25) is 0 Å². The first kappa shape index (κ1) is 37.0. The summed E-state index contributed by atoms with van der Waals surface area (Å²) in [7, 11) is 0. The molecular weight excluding hydrogens is 777 g/mol. The average Bonchev–Trinajstić information content (AvgIpc) is 3.70. The van der Waals surface area contributed by atoms with E-state index in [0.29, 0.717) is 23.2 Å². The molecule has 0 aliphatic heterocycles. The number of aromatic nitrogens is 3. The lowest BCUT2D eigenvalue weighted by Crippen LogP contribution is -2.01. The van der Waals surface area contributed by atoms with Crippen LogP contribution in [-0.4, -0.2) is 15.0 Å². The van der Waals surface area contributed by atoms with E-state index < -0.39 is 0 Å². The van der Waals surface area contributed by atoms with Crippen LogP contribution >= 0.6 is 0 Å². The van der Waals surface area contributed by atoms with E-state index in [-0.39, 0.29) is 0 Å². The summed E-state index contributed by atoms with van der Waals surface area (Å²) in [5, 5.41) is 4.73. The largest absolute Gasteiger partial charge is 0.238 e. The van der Waals surface area contributed by atoms with E-state index in [1.165, 1.54) is 33.0 Å². The molecule has 10 aromatic carbocycles. The van der Waals surface area contributed by atoms with Gasteiger partial charge in [-0.25, -0.2) is 19.8 Å². The minimum atomic E-state index is 0.573. The molecule has 0 fully saturated rings. The van der Waals surface area contributed by atoms with E-state index in [1.54, 1.807) is 0 Å². The maximum atomic E-state index is 8.39. The van der Waals surface area contributed by atoms with Crippen LogP contribution in [0.15, 0.2) is 218 Å². The SMILES string of the molecule is [C-]#[N+]c1ccc(-c2ccccc2-c2cc3c4c(cccc4c2)-c2ccccc2-3)cc1-c1ccccc1-c1ccccc1-c1nc(-c2ccccc2)nc(-c2cccc3ccccc23)n1. The van der Waals surface area contributed by atoms with Crippen LogP contribution in [-0.2, 0) is 0 Å². The predicted molar refractivity (Wildman–Crippen MR) is 264 cm³/mol. The molecule has 0 spiro atoms. The second-order valence-corrected chi connectivity index (χ2v) is 16.2. The molecular formula is C60H36N4. The summed E-state index contributed by atoms with van der Waals surface area (Å²) < 4.78 is 0. The van der Waals surface area contributed by atoms with Gasteiger partial charge in [-0.3, -0.25) is 0 Å². The molecule has 0 N–H and O–H groups in total. The van der Waals surface area contributed by atoms with Gasteiger partial charge >= 0.3 is 0 Å². The van der Waals surface area contributed by atoms with Gasteiger partial charge in [-0.2, -0.15) is 0 Å². The fraction of sp³-hybridized carbons (Fsp3) is 0. The maximum absolute atomic E-state index is 8.39. The first-order valence-electron chi connectivity index (χ1n) is 21.5. The van der Waals surface area contributed by atoms with Gasteiger partial charge in [0.15, 0.2) is 23.2 Å². The molecule has 4 heteroatoms. The molecule has 64 heavy (non-hydrogen) atoms. The van der Waals surface area contributed by atoms with E-state index >= 15 is 0 Å². The van der Waals surface area contributed by atoms with Gasteiger partial charge in [-0.05, 0) is 100 Å². The normalized spacial score (nSPS) is 11.4. The molecule has 1 aliphatic carbocycles. The summed E-state index contributed by atoms with van der Waals surface area (Å²) in [6.07, 6.45) is 0. The van der Waals surface area contributed by atoms with E-state index in [4.69, 9.17) is 21.5 Å². The molecule has 1 aromatic heterocycles. The molecule has 0 amide bonds. The zero-order valence-electron chi connectivity index (χ0n) is 34.6. The number of rotatable bonds is 7. The zero-order chi connectivity index (χ0) is 42.6. The first-order chi connectivity index (χ1) is 31.7. The summed E-state index contributed by atoms with van der Waals surface area (Å²) in [5.74, 6) is 1.78. The Morgan fingerprint density at radius 2 is 0.750 bits per heavy atom. The predicted octanol–water partition coefficient (Wildman–Crippen LogP) is 16.0. The fourth-order valence-electron chi connectivity index (χ4n) is 9.60. The fourth-order valence-corrected chi connectivity index (χ4v) is 9.60. The van der Waals surface area contributed by atoms with Gasteiger partial charge in [-0.1, -0.05) is 206 Å². The first-order valence-corrected chi connectivity index (χ1v) is 21.5.